The summed E-state index contributed by atoms with van der Waals surface area (Å²) in [6, 6.07) is -1.18. The first kappa shape index (κ1) is 10.7. The van der Waals surface area contributed by atoms with Crippen molar-refractivity contribution in [2.24, 2.45) is 0 Å². The molecule has 2 N–H and O–H groups in total. The second kappa shape index (κ2) is 3.38. The molecular weight excluding hydrogens is 206 g/mol. The maximum Gasteiger partial charge on any atom is 0.243 e. The Balaban J connectivity index is 2.20. The lowest BCUT2D eigenvalue weighted by atomic mass is 9.89. The van der Waals surface area contributed by atoms with Gasteiger partial charge in [0.2, 0.25) is 6.04 Å². The molecule has 0 saturated carbocycles. The van der Waals surface area contributed by atoms with Gasteiger partial charge in [0.25, 0.3) is 0 Å². The summed E-state index contributed by atoms with van der Waals surface area (Å²) >= 11 is 0. The third-order valence-corrected chi connectivity index (χ3v) is 3.16. The molecule has 5 atom stereocenters. The van der Waals surface area contributed by atoms with Gasteiger partial charge in [0, 0.05) is 11.8 Å². The third kappa shape index (κ3) is 1.43. The van der Waals surface area contributed by atoms with Gasteiger partial charge in [-0.2, -0.15) is 0 Å². The molecule has 2 fully saturated rings. The zero-order valence-corrected chi connectivity index (χ0v) is 8.20. The first-order valence-corrected chi connectivity index (χ1v) is 4.74. The van der Waals surface area contributed by atoms with Crippen molar-refractivity contribution in [3.05, 3.63) is 10.1 Å². The van der Waals surface area contributed by atoms with Crippen molar-refractivity contribution in [3.63, 3.8) is 0 Å². The molecule has 0 aromatic heterocycles. The third-order valence-electron chi connectivity index (χ3n) is 3.16. The van der Waals surface area contributed by atoms with Crippen LogP contribution >= 0.6 is 0 Å². The zero-order chi connectivity index (χ0) is 11.2. The van der Waals surface area contributed by atoms with Crippen LogP contribution in [0.1, 0.15) is 6.92 Å². The molecule has 0 aromatic carbocycles. The fourth-order valence-corrected chi connectivity index (χ4v) is 2.07. The molecule has 0 bridgehead atoms. The number of hydrogen-bond acceptors (Lipinski definition) is 6. The van der Waals surface area contributed by atoms with E-state index in [1.807, 2.05) is 0 Å². The van der Waals surface area contributed by atoms with E-state index in [0.29, 0.717) is 0 Å². The summed E-state index contributed by atoms with van der Waals surface area (Å²) in [6.07, 6.45) is -2.28. The molecule has 0 radical (unpaired) electrons. The number of hydrogen-bond donors (Lipinski definition) is 2. The Morgan fingerprint density at radius 3 is 2.87 bits per heavy atom. The highest BCUT2D eigenvalue weighted by atomic mass is 16.6. The minimum Gasteiger partial charge on any atom is -0.388 e. The van der Waals surface area contributed by atoms with Crippen LogP contribution in [-0.2, 0) is 9.47 Å². The molecule has 0 aromatic rings. The zero-order valence-electron chi connectivity index (χ0n) is 8.20. The van der Waals surface area contributed by atoms with E-state index in [1.165, 1.54) is 6.92 Å². The van der Waals surface area contributed by atoms with E-state index in [1.54, 1.807) is 0 Å². The first-order valence-electron chi connectivity index (χ1n) is 4.74. The minimum absolute atomic E-state index is 0.0437. The van der Waals surface area contributed by atoms with E-state index >= 15 is 0 Å². The number of ether oxygens (including phenoxy) is 2. The van der Waals surface area contributed by atoms with Crippen molar-refractivity contribution >= 4 is 0 Å². The van der Waals surface area contributed by atoms with Gasteiger partial charge in [-0.25, -0.2) is 0 Å². The summed E-state index contributed by atoms with van der Waals surface area (Å²) in [7, 11) is 0. The van der Waals surface area contributed by atoms with E-state index in [9.17, 15) is 20.3 Å². The van der Waals surface area contributed by atoms with Crippen molar-refractivity contribution in [1.29, 1.82) is 0 Å². The van der Waals surface area contributed by atoms with Crippen LogP contribution in [0.4, 0.5) is 0 Å². The Labute approximate surface area is 85.8 Å². The first-order chi connectivity index (χ1) is 6.97. The van der Waals surface area contributed by atoms with E-state index in [4.69, 9.17) is 9.47 Å². The molecule has 2 aliphatic rings. The van der Waals surface area contributed by atoms with Crippen LogP contribution in [0.15, 0.2) is 0 Å². The van der Waals surface area contributed by atoms with Crippen molar-refractivity contribution < 1.29 is 24.6 Å². The van der Waals surface area contributed by atoms with Gasteiger partial charge in [-0.3, -0.25) is 10.1 Å². The topological polar surface area (TPSA) is 102 Å². The maximum atomic E-state index is 10.6. The van der Waals surface area contributed by atoms with Crippen molar-refractivity contribution in [2.75, 3.05) is 13.2 Å². The molecule has 7 nitrogen and oxygen atoms in total. The maximum absolute atomic E-state index is 10.6. The van der Waals surface area contributed by atoms with Crippen molar-refractivity contribution in [1.82, 2.24) is 0 Å². The minimum atomic E-state index is -1.65. The van der Waals surface area contributed by atoms with Crippen LogP contribution in [0.5, 0.6) is 0 Å². The van der Waals surface area contributed by atoms with Gasteiger partial charge in [0.1, 0.15) is 18.3 Å². The lowest BCUT2D eigenvalue weighted by molar-refractivity contribution is -0.543. The quantitative estimate of drug-likeness (QED) is 0.434. The molecule has 2 rings (SSSR count). The summed E-state index contributed by atoms with van der Waals surface area (Å²) < 4.78 is 10.3. The monoisotopic (exact) mass is 219 g/mol. The smallest absolute Gasteiger partial charge is 0.243 e. The summed E-state index contributed by atoms with van der Waals surface area (Å²) in [5.41, 5.74) is -1.65. The molecule has 1 unspecified atom stereocenters. The van der Waals surface area contributed by atoms with Gasteiger partial charge < -0.3 is 19.7 Å². The highest BCUT2D eigenvalue weighted by molar-refractivity contribution is 5.06. The number of fused-ring (bicyclic) bond motifs is 1. The van der Waals surface area contributed by atoms with Crippen LogP contribution in [0, 0.1) is 10.1 Å². The van der Waals surface area contributed by atoms with E-state index in [2.05, 4.69) is 0 Å². The number of nitro groups is 1. The fourth-order valence-electron chi connectivity index (χ4n) is 2.07. The normalized spacial score (nSPS) is 46.5. The lowest BCUT2D eigenvalue weighted by Crippen LogP contribution is -2.54. The van der Waals surface area contributed by atoms with Crippen LogP contribution in [0.2, 0.25) is 0 Å². The van der Waals surface area contributed by atoms with Gasteiger partial charge in [0.15, 0.2) is 5.60 Å². The molecule has 2 aliphatic heterocycles. The largest absolute Gasteiger partial charge is 0.388 e. The van der Waals surface area contributed by atoms with Crippen LogP contribution in [-0.4, -0.2) is 58.3 Å². The number of aliphatic hydroxyl groups excluding tert-OH is 1. The Kier molecular flexibility index (Phi) is 2.42. The molecule has 0 aliphatic carbocycles. The number of aliphatic hydroxyl groups is 2. The number of nitrogens with zero attached hydrogens (tertiary/aromatic N) is 1. The van der Waals surface area contributed by atoms with Crippen molar-refractivity contribution in [2.45, 2.75) is 36.9 Å². The molecule has 15 heavy (non-hydrogen) atoms. The molecule has 2 heterocycles. The average molecular weight is 219 g/mol. The van der Waals surface area contributed by atoms with Crippen LogP contribution in [0.3, 0.4) is 0 Å². The average Bonchev–Trinajstić information content (AvgIpc) is 2.70. The predicted octanol–water partition coefficient (Wildman–Crippen LogP) is -1.46. The molecule has 7 heteroatoms. The van der Waals surface area contributed by atoms with Gasteiger partial charge >= 0.3 is 0 Å². The fraction of sp³-hybridized carbons (Fsp3) is 1.00. The molecule has 0 spiro atoms. The predicted molar refractivity (Wildman–Crippen MR) is 46.9 cm³/mol. The van der Waals surface area contributed by atoms with Gasteiger partial charge in [-0.05, 0) is 0 Å². The van der Waals surface area contributed by atoms with E-state index < -0.39 is 34.9 Å². The van der Waals surface area contributed by atoms with Gasteiger partial charge in [-0.1, -0.05) is 0 Å². The number of rotatable bonds is 2. The molecular formula is C8H13NO6. The summed E-state index contributed by atoms with van der Waals surface area (Å²) in [6.45, 7) is 1.17. The second-order valence-corrected chi connectivity index (χ2v) is 4.05. The molecule has 2 saturated heterocycles. The Hall–Kier alpha value is -0.760. The molecule has 86 valence electrons. The molecule has 0 amide bonds. The summed E-state index contributed by atoms with van der Waals surface area (Å²) in [5, 5.41) is 30.2. The lowest BCUT2D eigenvalue weighted by Gasteiger charge is -2.26. The Bertz CT molecular complexity index is 284. The Morgan fingerprint density at radius 1 is 1.60 bits per heavy atom. The highest BCUT2D eigenvalue weighted by Crippen LogP contribution is 2.36. The van der Waals surface area contributed by atoms with Crippen LogP contribution in [0.25, 0.3) is 0 Å². The standard InChI is InChI=1S/C8H13NO6/c1-4(9(12)13)8(11)3-15-6-5(10)2-14-7(6)8/h4-7,10-11H,2-3H2,1H3/t4?,5-,6-,7+,8+/m1/s1. The van der Waals surface area contributed by atoms with Gasteiger partial charge in [0.05, 0.1) is 13.2 Å². The van der Waals surface area contributed by atoms with Crippen LogP contribution < -0.4 is 0 Å². The van der Waals surface area contributed by atoms with Gasteiger partial charge in [-0.15, -0.1) is 0 Å². The SMILES string of the molecule is CC([N+](=O)[O-])[C@@]1(O)CO[C@@H]2[C@H](O)CO[C@@H]21. The highest BCUT2D eigenvalue weighted by Gasteiger charge is 2.62. The summed E-state index contributed by atoms with van der Waals surface area (Å²) in [5.74, 6) is 0. The van der Waals surface area contributed by atoms with Crippen molar-refractivity contribution in [3.8, 4) is 0 Å². The van der Waals surface area contributed by atoms with E-state index in [-0.39, 0.29) is 13.2 Å². The second-order valence-electron chi connectivity index (χ2n) is 4.05. The Morgan fingerprint density at radius 2 is 2.27 bits per heavy atom. The summed E-state index contributed by atoms with van der Waals surface area (Å²) in [4.78, 5) is 10.1. The van der Waals surface area contributed by atoms with E-state index in [0.717, 1.165) is 0 Å².